The topological polar surface area (TPSA) is 45.9 Å². The third kappa shape index (κ3) is 2.36. The molecule has 0 N–H and O–H groups in total. The molecule has 0 bridgehead atoms. The van der Waals surface area contributed by atoms with Crippen molar-refractivity contribution in [1.82, 2.24) is 9.80 Å². The fourth-order valence-corrected chi connectivity index (χ4v) is 3.29. The van der Waals surface area contributed by atoms with Crippen LogP contribution in [0.25, 0.3) is 0 Å². The van der Waals surface area contributed by atoms with Crippen LogP contribution >= 0.6 is 0 Å². The molecule has 3 rings (SSSR count). The van der Waals surface area contributed by atoms with Crippen molar-refractivity contribution in [2.45, 2.75) is 38.0 Å². The highest BCUT2D eigenvalue weighted by atomic mass is 16.5. The molecule has 3 heterocycles. The van der Waals surface area contributed by atoms with E-state index in [1.54, 1.807) is 12.5 Å². The van der Waals surface area contributed by atoms with E-state index in [4.69, 9.17) is 9.15 Å². The van der Waals surface area contributed by atoms with Crippen LogP contribution in [0.3, 0.4) is 0 Å². The van der Waals surface area contributed by atoms with E-state index in [1.807, 2.05) is 18.0 Å². The number of piperidine rings is 1. The Labute approximate surface area is 119 Å². The zero-order valence-electron chi connectivity index (χ0n) is 12.2. The lowest BCUT2D eigenvalue weighted by Gasteiger charge is -2.50. The normalized spacial score (nSPS) is 27.2. The minimum atomic E-state index is -0.157. The quantitative estimate of drug-likeness (QED) is 0.822. The van der Waals surface area contributed by atoms with Crippen molar-refractivity contribution in [2.75, 3.05) is 26.7 Å². The summed E-state index contributed by atoms with van der Waals surface area (Å²) >= 11 is 0. The second-order valence-corrected chi connectivity index (χ2v) is 5.94. The highest BCUT2D eigenvalue weighted by Gasteiger charge is 2.46. The summed E-state index contributed by atoms with van der Waals surface area (Å²) in [6, 6.07) is 2.16. The molecule has 2 saturated heterocycles. The molecule has 20 heavy (non-hydrogen) atoms. The number of carbonyl (C=O) groups is 1. The number of furan rings is 1. The van der Waals surface area contributed by atoms with Gasteiger partial charge in [-0.25, -0.2) is 0 Å². The maximum Gasteiger partial charge on any atom is 0.248 e. The summed E-state index contributed by atoms with van der Waals surface area (Å²) in [7, 11) is 1.88. The Kier molecular flexibility index (Phi) is 3.56. The average molecular weight is 278 g/mol. The van der Waals surface area contributed by atoms with E-state index in [0.717, 1.165) is 32.5 Å². The molecular formula is C15H22N2O3. The Hall–Kier alpha value is -1.33. The van der Waals surface area contributed by atoms with Crippen molar-refractivity contribution in [3.63, 3.8) is 0 Å². The van der Waals surface area contributed by atoms with E-state index in [9.17, 15) is 4.79 Å². The van der Waals surface area contributed by atoms with Crippen LogP contribution in [0.2, 0.25) is 0 Å². The summed E-state index contributed by atoms with van der Waals surface area (Å²) < 4.78 is 11.1. The van der Waals surface area contributed by atoms with Gasteiger partial charge < -0.3 is 14.1 Å². The fraction of sp³-hybridized carbons (Fsp3) is 0.667. The van der Waals surface area contributed by atoms with Gasteiger partial charge in [-0.15, -0.1) is 0 Å². The molecule has 1 spiro atoms. The lowest BCUT2D eigenvalue weighted by Crippen LogP contribution is -2.62. The largest absolute Gasteiger partial charge is 0.472 e. The lowest BCUT2D eigenvalue weighted by atomic mass is 9.83. The summed E-state index contributed by atoms with van der Waals surface area (Å²) in [6.07, 6.45) is 5.47. The van der Waals surface area contributed by atoms with Crippen LogP contribution in [-0.4, -0.2) is 54.1 Å². The number of likely N-dealkylation sites (N-methyl/N-ethyl adjacent to an activating group) is 1. The minimum absolute atomic E-state index is 0.0870. The molecule has 5 nitrogen and oxygen atoms in total. The highest BCUT2D eigenvalue weighted by Crippen LogP contribution is 2.35. The Morgan fingerprint density at radius 2 is 2.15 bits per heavy atom. The summed E-state index contributed by atoms with van der Waals surface area (Å²) in [4.78, 5) is 15.9. The number of ether oxygens (including phenoxy) is 1. The Bertz CT molecular complexity index is 463. The number of carbonyl (C=O) groups excluding carboxylic acids is 1. The number of hydrogen-bond donors (Lipinski definition) is 0. The van der Waals surface area contributed by atoms with Gasteiger partial charge >= 0.3 is 0 Å². The second kappa shape index (κ2) is 5.22. The maximum atomic E-state index is 11.7. The highest BCUT2D eigenvalue weighted by molar-refractivity contribution is 5.78. The van der Waals surface area contributed by atoms with Crippen molar-refractivity contribution in [3.8, 4) is 0 Å². The monoisotopic (exact) mass is 278 g/mol. The van der Waals surface area contributed by atoms with Crippen molar-refractivity contribution in [2.24, 2.45) is 0 Å². The smallest absolute Gasteiger partial charge is 0.248 e. The van der Waals surface area contributed by atoms with Gasteiger partial charge in [-0.1, -0.05) is 0 Å². The summed E-state index contributed by atoms with van der Waals surface area (Å²) in [5.41, 5.74) is 1.06. The van der Waals surface area contributed by atoms with Gasteiger partial charge in [0.1, 0.15) is 6.61 Å². The van der Waals surface area contributed by atoms with E-state index in [1.165, 1.54) is 5.56 Å². The van der Waals surface area contributed by atoms with Crippen LogP contribution in [0, 0.1) is 0 Å². The van der Waals surface area contributed by atoms with Gasteiger partial charge in [0.25, 0.3) is 0 Å². The molecule has 1 aromatic heterocycles. The molecule has 1 unspecified atom stereocenters. The van der Waals surface area contributed by atoms with Gasteiger partial charge in [-0.05, 0) is 25.8 Å². The van der Waals surface area contributed by atoms with Crippen molar-refractivity contribution >= 4 is 5.91 Å². The molecule has 1 atom stereocenters. The Balaban J connectivity index is 1.61. The summed E-state index contributed by atoms with van der Waals surface area (Å²) in [5.74, 6) is 0.0870. The number of rotatable bonds is 2. The van der Waals surface area contributed by atoms with E-state index < -0.39 is 0 Å². The van der Waals surface area contributed by atoms with Crippen LogP contribution in [0.1, 0.15) is 25.3 Å². The van der Waals surface area contributed by atoms with Gasteiger partial charge in [0.15, 0.2) is 0 Å². The van der Waals surface area contributed by atoms with Crippen LogP contribution in [0.4, 0.5) is 0 Å². The van der Waals surface area contributed by atoms with Gasteiger partial charge in [0.05, 0.1) is 24.2 Å². The predicted molar refractivity (Wildman–Crippen MR) is 74.1 cm³/mol. The molecule has 2 fully saturated rings. The van der Waals surface area contributed by atoms with Gasteiger partial charge in [-0.3, -0.25) is 9.69 Å². The molecule has 0 aliphatic carbocycles. The Morgan fingerprint density at radius 3 is 2.80 bits per heavy atom. The first-order valence-electron chi connectivity index (χ1n) is 7.24. The molecule has 2 aliphatic rings. The molecule has 1 amide bonds. The average Bonchev–Trinajstić information content (AvgIpc) is 2.96. The zero-order valence-corrected chi connectivity index (χ0v) is 12.2. The van der Waals surface area contributed by atoms with Gasteiger partial charge in [0.2, 0.25) is 5.91 Å². The zero-order chi connectivity index (χ0) is 14.2. The van der Waals surface area contributed by atoms with Crippen molar-refractivity contribution in [3.05, 3.63) is 24.2 Å². The molecular weight excluding hydrogens is 256 g/mol. The molecule has 2 aliphatic heterocycles. The number of amides is 1. The van der Waals surface area contributed by atoms with Crippen molar-refractivity contribution in [1.29, 1.82) is 0 Å². The second-order valence-electron chi connectivity index (χ2n) is 5.94. The first kappa shape index (κ1) is 13.6. The number of morpholine rings is 1. The predicted octanol–water partition coefficient (Wildman–Crippen LogP) is 1.49. The third-order valence-corrected chi connectivity index (χ3v) is 4.91. The molecule has 0 saturated carbocycles. The molecule has 110 valence electrons. The van der Waals surface area contributed by atoms with Crippen LogP contribution < -0.4 is 0 Å². The van der Waals surface area contributed by atoms with E-state index >= 15 is 0 Å². The maximum absolute atomic E-state index is 11.7. The molecule has 0 radical (unpaired) electrons. The summed E-state index contributed by atoms with van der Waals surface area (Å²) in [6.45, 7) is 5.25. The minimum Gasteiger partial charge on any atom is -0.472 e. The van der Waals surface area contributed by atoms with Gasteiger partial charge in [-0.2, -0.15) is 0 Å². The van der Waals surface area contributed by atoms with Crippen molar-refractivity contribution < 1.29 is 13.9 Å². The molecule has 1 aromatic rings. The van der Waals surface area contributed by atoms with Crippen LogP contribution in [0.15, 0.2) is 23.0 Å². The van der Waals surface area contributed by atoms with E-state index in [2.05, 4.69) is 11.8 Å². The molecule has 5 heteroatoms. The first-order valence-corrected chi connectivity index (χ1v) is 7.24. The van der Waals surface area contributed by atoms with E-state index in [0.29, 0.717) is 0 Å². The van der Waals surface area contributed by atoms with Gasteiger partial charge in [0, 0.05) is 32.2 Å². The lowest BCUT2D eigenvalue weighted by molar-refractivity contribution is -0.183. The SMILES string of the molecule is CC1N(C)C(=O)COC12CCN(Cc1ccoc1)CC2. The first-order chi connectivity index (χ1) is 9.61. The standard InChI is InChI=1S/C15H22N2O3/c1-12-15(20-11-14(18)16(12)2)4-6-17(7-5-15)9-13-3-8-19-10-13/h3,8,10,12H,4-7,9,11H2,1-2H3. The third-order valence-electron chi connectivity index (χ3n) is 4.91. The summed E-state index contributed by atoms with van der Waals surface area (Å²) in [5, 5.41) is 0. The van der Waals surface area contributed by atoms with E-state index in [-0.39, 0.29) is 24.2 Å². The number of likely N-dealkylation sites (tertiary alicyclic amines) is 1. The van der Waals surface area contributed by atoms with Crippen LogP contribution in [0.5, 0.6) is 0 Å². The number of nitrogens with zero attached hydrogens (tertiary/aromatic N) is 2. The number of hydrogen-bond acceptors (Lipinski definition) is 4. The van der Waals surface area contributed by atoms with Crippen LogP contribution in [-0.2, 0) is 16.1 Å². The fourth-order valence-electron chi connectivity index (χ4n) is 3.29. The molecule has 0 aromatic carbocycles. The Morgan fingerprint density at radius 1 is 1.40 bits per heavy atom.